The average molecular weight is 158 g/mol. The third kappa shape index (κ3) is 1690. The van der Waals surface area contributed by atoms with Gasteiger partial charge < -0.3 is 9.11 Å². The third-order valence-corrected chi connectivity index (χ3v) is 0. The van der Waals surface area contributed by atoms with Gasteiger partial charge in [-0.3, -0.25) is 0 Å². The van der Waals surface area contributed by atoms with E-state index in [2.05, 4.69) is 0 Å². The number of rotatable bonds is 0. The van der Waals surface area contributed by atoms with Crippen molar-refractivity contribution in [2.75, 3.05) is 0 Å². The van der Waals surface area contributed by atoms with Crippen LogP contribution in [0.5, 0.6) is 0 Å². The average Bonchev–Trinajstić information content (AvgIpc) is 1.25. The van der Waals surface area contributed by atoms with Crippen LogP contribution in [0.2, 0.25) is 0 Å². The van der Waals surface area contributed by atoms with Crippen LogP contribution < -0.4 is 18.9 Å². The molecule has 0 fully saturated rings. The van der Waals surface area contributed by atoms with Gasteiger partial charge in [0.1, 0.15) is 0 Å². The van der Waals surface area contributed by atoms with E-state index in [1.807, 2.05) is 0 Å². The summed E-state index contributed by atoms with van der Waals surface area (Å²) in [5.41, 5.74) is 0. The Kier molecular flexibility index (Phi) is 20.3. The fraction of sp³-hybridized carbons (Fsp3) is 1.00. The summed E-state index contributed by atoms with van der Waals surface area (Å²) in [5, 5.41) is 0. The van der Waals surface area contributed by atoms with Crippen LogP contribution in [0.3, 0.4) is 0 Å². The zero-order valence-electron chi connectivity index (χ0n) is 4.38. The largest absolute Gasteiger partial charge is 1.00 e. The van der Waals surface area contributed by atoms with E-state index in [-0.39, 0.29) is 18.9 Å². The summed E-state index contributed by atoms with van der Waals surface area (Å²) in [6, 6.07) is 0. The zero-order valence-corrected chi connectivity index (χ0v) is 5.20. The van der Waals surface area contributed by atoms with Crippen molar-refractivity contribution < 1.29 is 45.3 Å². The monoisotopic (exact) mass is 158 g/mol. The van der Waals surface area contributed by atoms with Crippen molar-refractivity contribution in [1.29, 1.82) is 0 Å². The summed E-state index contributed by atoms with van der Waals surface area (Å²) in [6.45, 7) is -3.67. The van der Waals surface area contributed by atoms with Crippen molar-refractivity contribution in [3.8, 4) is 0 Å². The Morgan fingerprint density at radius 3 is 1.44 bits per heavy atom. The first-order valence-corrected chi connectivity index (χ1v) is 2.20. The van der Waals surface area contributed by atoms with Gasteiger partial charge in [-0.05, 0) is 0 Å². The molecule has 0 aliphatic carbocycles. The Labute approximate surface area is 63.9 Å². The number of halogens is 3. The molecule has 1 unspecified atom stereocenters. The van der Waals surface area contributed by atoms with Gasteiger partial charge in [-0.25, -0.2) is 4.21 Å². The Morgan fingerprint density at radius 1 is 1.44 bits per heavy atom. The fourth-order valence-electron chi connectivity index (χ4n) is 0. The SMILES string of the molecule is FC(F)F.O=S([O-])O.[Li+]. The van der Waals surface area contributed by atoms with Crippen LogP contribution in [0, 0.1) is 0 Å². The molecule has 0 saturated carbocycles. The molecule has 8 heteroatoms. The van der Waals surface area contributed by atoms with Crippen molar-refractivity contribution in [1.82, 2.24) is 0 Å². The Morgan fingerprint density at radius 2 is 1.44 bits per heavy atom. The van der Waals surface area contributed by atoms with Gasteiger partial charge >= 0.3 is 25.5 Å². The Balaban J connectivity index is -0.0000000720. The summed E-state index contributed by atoms with van der Waals surface area (Å²) < 4.78 is 53.1. The topological polar surface area (TPSA) is 60.4 Å². The molecular weight excluding hydrogens is 156 g/mol. The van der Waals surface area contributed by atoms with Crippen molar-refractivity contribution in [2.45, 2.75) is 6.68 Å². The molecule has 0 rings (SSSR count). The smallest absolute Gasteiger partial charge is 0.750 e. The molecular formula is CH2F3LiO3S. The summed E-state index contributed by atoms with van der Waals surface area (Å²) in [5.74, 6) is 0. The van der Waals surface area contributed by atoms with Crippen molar-refractivity contribution in [3.05, 3.63) is 0 Å². The molecule has 9 heavy (non-hydrogen) atoms. The molecule has 0 radical (unpaired) electrons. The van der Waals surface area contributed by atoms with E-state index in [1.165, 1.54) is 0 Å². The first kappa shape index (κ1) is 16.2. The van der Waals surface area contributed by atoms with Gasteiger partial charge in [0.25, 0.3) is 0 Å². The molecule has 1 atom stereocenters. The van der Waals surface area contributed by atoms with E-state index in [1.54, 1.807) is 0 Å². The predicted octanol–water partition coefficient (Wildman–Crippen LogP) is -2.48. The van der Waals surface area contributed by atoms with Crippen LogP contribution in [-0.4, -0.2) is 20.0 Å². The molecule has 3 nitrogen and oxygen atoms in total. The van der Waals surface area contributed by atoms with Gasteiger partial charge in [-0.15, -0.1) is 0 Å². The number of hydrogen-bond donors (Lipinski definition) is 1. The van der Waals surface area contributed by atoms with Crippen LogP contribution in [0.25, 0.3) is 0 Å². The zero-order chi connectivity index (χ0) is 7.15. The van der Waals surface area contributed by atoms with E-state index < -0.39 is 18.0 Å². The Bertz CT molecular complexity index is 63.3. The van der Waals surface area contributed by atoms with E-state index in [0.29, 0.717) is 0 Å². The van der Waals surface area contributed by atoms with Crippen LogP contribution >= 0.6 is 0 Å². The van der Waals surface area contributed by atoms with Gasteiger partial charge in [0.05, 0.1) is 11.4 Å². The minimum Gasteiger partial charge on any atom is -0.750 e. The first-order chi connectivity index (χ1) is 3.46. The molecule has 0 aromatic rings. The normalized spacial score (nSPS) is 10.9. The van der Waals surface area contributed by atoms with E-state index in [4.69, 9.17) is 13.3 Å². The minimum absolute atomic E-state index is 0. The van der Waals surface area contributed by atoms with Crippen molar-refractivity contribution in [3.63, 3.8) is 0 Å². The standard InChI is InChI=1S/CHF3.Li.H2O3S/c2-1(3)4;;1-4(2)3/h1H;;(H2,1,2,3)/q;+1;/p-1. The van der Waals surface area contributed by atoms with Gasteiger partial charge in [0, 0.05) is 0 Å². The second kappa shape index (κ2) is 11.3. The molecule has 0 aromatic carbocycles. The molecule has 0 spiro atoms. The molecule has 0 saturated heterocycles. The molecule has 0 aromatic heterocycles. The molecule has 0 aliphatic heterocycles. The van der Waals surface area contributed by atoms with Gasteiger partial charge in [-0.1, -0.05) is 0 Å². The fourth-order valence-corrected chi connectivity index (χ4v) is 0. The third-order valence-electron chi connectivity index (χ3n) is 0. The van der Waals surface area contributed by atoms with Crippen LogP contribution in [0.4, 0.5) is 13.2 Å². The van der Waals surface area contributed by atoms with E-state index in [9.17, 15) is 13.2 Å². The van der Waals surface area contributed by atoms with Crippen LogP contribution in [0.15, 0.2) is 0 Å². The first-order valence-electron chi connectivity index (χ1n) is 1.17. The van der Waals surface area contributed by atoms with Crippen molar-refractivity contribution >= 4 is 11.4 Å². The van der Waals surface area contributed by atoms with Gasteiger partial charge in [0.2, 0.25) is 0 Å². The second-order valence-electron chi connectivity index (χ2n) is 0.465. The summed E-state index contributed by atoms with van der Waals surface area (Å²) in [4.78, 5) is 0. The summed E-state index contributed by atoms with van der Waals surface area (Å²) >= 11 is -2.86. The van der Waals surface area contributed by atoms with E-state index in [0.717, 1.165) is 0 Å². The van der Waals surface area contributed by atoms with Crippen LogP contribution in [0.1, 0.15) is 0 Å². The minimum atomic E-state index is -3.67. The van der Waals surface area contributed by atoms with Gasteiger partial charge in [0.15, 0.2) is 0 Å². The van der Waals surface area contributed by atoms with E-state index >= 15 is 0 Å². The maximum atomic E-state index is 9.67. The maximum absolute atomic E-state index is 9.67. The quantitative estimate of drug-likeness (QED) is 0.313. The molecule has 0 bridgehead atoms. The molecule has 0 amide bonds. The maximum Gasteiger partial charge on any atom is 1.00 e. The number of hydrogen-bond acceptors (Lipinski definition) is 2. The molecule has 0 heterocycles. The number of alkyl halides is 3. The molecule has 0 aliphatic rings. The summed E-state index contributed by atoms with van der Waals surface area (Å²) in [6.07, 6.45) is 0. The summed E-state index contributed by atoms with van der Waals surface area (Å²) in [7, 11) is 0. The predicted molar refractivity (Wildman–Crippen MR) is 18.7 cm³/mol. The van der Waals surface area contributed by atoms with Gasteiger partial charge in [-0.2, -0.15) is 13.2 Å². The second-order valence-corrected chi connectivity index (χ2v) is 0.899. The molecule has 52 valence electrons. The van der Waals surface area contributed by atoms with Crippen molar-refractivity contribution in [2.24, 2.45) is 0 Å². The molecule has 1 N–H and O–H groups in total. The Hall–Kier alpha value is 0.457. The van der Waals surface area contributed by atoms with Crippen LogP contribution in [-0.2, 0) is 11.4 Å².